The fourth-order valence-electron chi connectivity index (χ4n) is 2.44. The lowest BCUT2D eigenvalue weighted by Gasteiger charge is -2.20. The smallest absolute Gasteiger partial charge is 0.338 e. The molecule has 0 fully saturated rings. The van der Waals surface area contributed by atoms with Crippen LogP contribution < -0.4 is 5.32 Å². The molecule has 2 rings (SSSR count). The molecule has 1 aliphatic heterocycles. The average molecular weight is 261 g/mol. The van der Waals surface area contributed by atoms with Crippen LogP contribution in [0, 0.1) is 5.92 Å². The van der Waals surface area contributed by atoms with Gasteiger partial charge in [0.1, 0.15) is 0 Å². The zero-order valence-electron chi connectivity index (χ0n) is 11.9. The highest BCUT2D eigenvalue weighted by Gasteiger charge is 2.18. The van der Waals surface area contributed by atoms with Gasteiger partial charge in [0, 0.05) is 12.2 Å². The van der Waals surface area contributed by atoms with E-state index >= 15 is 0 Å². The molecule has 0 radical (unpaired) electrons. The van der Waals surface area contributed by atoms with E-state index in [1.54, 1.807) is 0 Å². The zero-order valence-corrected chi connectivity index (χ0v) is 11.9. The van der Waals surface area contributed by atoms with Gasteiger partial charge in [-0.1, -0.05) is 19.9 Å². The first-order chi connectivity index (χ1) is 9.18. The molecule has 3 nitrogen and oxygen atoms in total. The van der Waals surface area contributed by atoms with Crippen molar-refractivity contribution in [1.82, 2.24) is 0 Å². The Morgan fingerprint density at radius 3 is 3.05 bits per heavy atom. The van der Waals surface area contributed by atoms with Crippen molar-refractivity contribution in [2.45, 2.75) is 39.5 Å². The van der Waals surface area contributed by atoms with E-state index in [1.165, 1.54) is 0 Å². The third-order valence-electron chi connectivity index (χ3n) is 3.47. The normalized spacial score (nSPS) is 13.8. The number of anilines is 1. The largest absolute Gasteiger partial charge is 0.462 e. The molecular formula is C16H23NO2. The van der Waals surface area contributed by atoms with Gasteiger partial charge in [-0.15, -0.1) is 0 Å². The summed E-state index contributed by atoms with van der Waals surface area (Å²) in [6.07, 6.45) is 4.07. The number of ether oxygens (including phenoxy) is 1. The number of carbonyl (C=O) groups is 1. The second kappa shape index (κ2) is 6.60. The Morgan fingerprint density at radius 2 is 2.26 bits per heavy atom. The molecule has 1 N–H and O–H groups in total. The summed E-state index contributed by atoms with van der Waals surface area (Å²) in [6, 6.07) is 5.82. The zero-order chi connectivity index (χ0) is 13.7. The van der Waals surface area contributed by atoms with Gasteiger partial charge < -0.3 is 10.1 Å². The Morgan fingerprint density at radius 1 is 1.42 bits per heavy atom. The number of esters is 1. The van der Waals surface area contributed by atoms with Crippen molar-refractivity contribution < 1.29 is 9.53 Å². The second-order valence-electron chi connectivity index (χ2n) is 5.53. The predicted octanol–water partition coefficient (Wildman–Crippen LogP) is 3.64. The highest BCUT2D eigenvalue weighted by atomic mass is 16.5. The molecular weight excluding hydrogens is 238 g/mol. The van der Waals surface area contributed by atoms with Gasteiger partial charge in [0.15, 0.2) is 0 Å². The van der Waals surface area contributed by atoms with Gasteiger partial charge in [-0.3, -0.25) is 0 Å². The minimum Gasteiger partial charge on any atom is -0.462 e. The molecule has 0 atom stereocenters. The Hall–Kier alpha value is -1.51. The third-order valence-corrected chi connectivity index (χ3v) is 3.47. The number of fused-ring (bicyclic) bond motifs is 1. The molecule has 0 amide bonds. The average Bonchev–Trinajstić information content (AvgIpc) is 2.42. The highest BCUT2D eigenvalue weighted by molar-refractivity contribution is 5.93. The maximum atomic E-state index is 12.1. The molecule has 1 heterocycles. The van der Waals surface area contributed by atoms with Crippen molar-refractivity contribution >= 4 is 11.7 Å². The van der Waals surface area contributed by atoms with Gasteiger partial charge in [0.25, 0.3) is 0 Å². The number of hydrogen-bond donors (Lipinski definition) is 1. The number of nitrogens with one attached hydrogen (secondary N) is 1. The molecule has 19 heavy (non-hydrogen) atoms. The van der Waals surface area contributed by atoms with Crippen molar-refractivity contribution in [1.29, 1.82) is 0 Å². The van der Waals surface area contributed by atoms with Crippen LogP contribution in [-0.2, 0) is 11.2 Å². The molecule has 3 heteroatoms. The van der Waals surface area contributed by atoms with E-state index in [0.717, 1.165) is 49.0 Å². The van der Waals surface area contributed by atoms with Crippen LogP contribution in [-0.4, -0.2) is 19.1 Å². The van der Waals surface area contributed by atoms with Crippen molar-refractivity contribution in [3.8, 4) is 0 Å². The first-order valence-corrected chi connectivity index (χ1v) is 7.21. The van der Waals surface area contributed by atoms with E-state index in [2.05, 4.69) is 19.2 Å². The summed E-state index contributed by atoms with van der Waals surface area (Å²) in [5.74, 6) is 0.483. The van der Waals surface area contributed by atoms with Gasteiger partial charge in [0.2, 0.25) is 0 Å². The van der Waals surface area contributed by atoms with Crippen molar-refractivity contribution in [2.75, 3.05) is 18.5 Å². The number of hydrogen-bond acceptors (Lipinski definition) is 3. The highest BCUT2D eigenvalue weighted by Crippen LogP contribution is 2.25. The molecule has 0 saturated heterocycles. The molecule has 0 bridgehead atoms. The Kier molecular flexibility index (Phi) is 4.83. The molecule has 0 aliphatic carbocycles. The summed E-state index contributed by atoms with van der Waals surface area (Å²) in [5.41, 5.74) is 2.93. The van der Waals surface area contributed by atoms with E-state index in [4.69, 9.17) is 4.74 Å². The molecule has 0 spiro atoms. The Labute approximate surface area is 115 Å². The van der Waals surface area contributed by atoms with E-state index in [0.29, 0.717) is 12.5 Å². The van der Waals surface area contributed by atoms with E-state index in [-0.39, 0.29) is 5.97 Å². The van der Waals surface area contributed by atoms with Crippen LogP contribution in [0.5, 0.6) is 0 Å². The van der Waals surface area contributed by atoms with Crippen molar-refractivity contribution in [3.05, 3.63) is 29.3 Å². The molecule has 1 aliphatic rings. The minimum absolute atomic E-state index is 0.177. The lowest BCUT2D eigenvalue weighted by molar-refractivity contribution is 0.0493. The van der Waals surface area contributed by atoms with E-state index in [9.17, 15) is 4.79 Å². The van der Waals surface area contributed by atoms with E-state index in [1.807, 2.05) is 18.2 Å². The number of carbonyl (C=O) groups excluding carboxylic acids is 1. The first kappa shape index (κ1) is 13.9. The monoisotopic (exact) mass is 261 g/mol. The van der Waals surface area contributed by atoms with E-state index < -0.39 is 0 Å². The topological polar surface area (TPSA) is 38.3 Å². The van der Waals surface area contributed by atoms with Crippen LogP contribution in [0.4, 0.5) is 5.69 Å². The van der Waals surface area contributed by atoms with Crippen LogP contribution >= 0.6 is 0 Å². The van der Waals surface area contributed by atoms with Crippen LogP contribution in [0.1, 0.15) is 49.0 Å². The summed E-state index contributed by atoms with van der Waals surface area (Å²) in [4.78, 5) is 12.1. The summed E-state index contributed by atoms with van der Waals surface area (Å²) in [6.45, 7) is 5.87. The van der Waals surface area contributed by atoms with Gasteiger partial charge in [-0.25, -0.2) is 4.79 Å². The molecule has 1 aromatic carbocycles. The molecule has 0 aromatic heterocycles. The SMILES string of the molecule is CC(C)CCCOC(=O)c1cccc2c1CCCN2. The van der Waals surface area contributed by atoms with Gasteiger partial charge in [-0.05, 0) is 49.3 Å². The standard InChI is InChI=1S/C16H23NO2/c1-12(2)6-5-11-19-16(18)14-7-3-9-15-13(14)8-4-10-17-15/h3,7,9,12,17H,4-6,8,10-11H2,1-2H3. The lowest BCUT2D eigenvalue weighted by atomic mass is 9.98. The third kappa shape index (κ3) is 3.72. The van der Waals surface area contributed by atoms with Gasteiger partial charge in [-0.2, -0.15) is 0 Å². The molecule has 1 aromatic rings. The van der Waals surface area contributed by atoms with Crippen molar-refractivity contribution in [2.24, 2.45) is 5.92 Å². The van der Waals surface area contributed by atoms with Crippen molar-refractivity contribution in [3.63, 3.8) is 0 Å². The maximum Gasteiger partial charge on any atom is 0.338 e. The summed E-state index contributed by atoms with van der Waals surface area (Å²) >= 11 is 0. The second-order valence-corrected chi connectivity index (χ2v) is 5.53. The lowest BCUT2D eigenvalue weighted by Crippen LogP contribution is -2.17. The van der Waals surface area contributed by atoms with Crippen LogP contribution in [0.15, 0.2) is 18.2 Å². The first-order valence-electron chi connectivity index (χ1n) is 7.21. The molecule has 104 valence electrons. The quantitative estimate of drug-likeness (QED) is 0.649. The van der Waals surface area contributed by atoms with Crippen LogP contribution in [0.2, 0.25) is 0 Å². The number of benzene rings is 1. The van der Waals surface area contributed by atoms with Crippen LogP contribution in [0.3, 0.4) is 0 Å². The molecule has 0 unspecified atom stereocenters. The van der Waals surface area contributed by atoms with Crippen LogP contribution in [0.25, 0.3) is 0 Å². The van der Waals surface area contributed by atoms with Gasteiger partial charge in [0.05, 0.1) is 12.2 Å². The fraction of sp³-hybridized carbons (Fsp3) is 0.562. The summed E-state index contributed by atoms with van der Waals surface area (Å²) in [7, 11) is 0. The maximum absolute atomic E-state index is 12.1. The number of rotatable bonds is 5. The summed E-state index contributed by atoms with van der Waals surface area (Å²) < 4.78 is 5.38. The summed E-state index contributed by atoms with van der Waals surface area (Å²) in [5, 5.41) is 3.33. The minimum atomic E-state index is -0.177. The van der Waals surface area contributed by atoms with Gasteiger partial charge >= 0.3 is 5.97 Å². The Bertz CT molecular complexity index is 440. The predicted molar refractivity (Wildman–Crippen MR) is 77.6 cm³/mol. The molecule has 0 saturated carbocycles. The Balaban J connectivity index is 1.95. The fourth-order valence-corrected chi connectivity index (χ4v) is 2.44.